The Kier molecular flexibility index (Phi) is 6.36. The molecule has 2 heterocycles. The second-order valence-electron chi connectivity index (χ2n) is 8.10. The van der Waals surface area contributed by atoms with Crippen molar-refractivity contribution in [1.82, 2.24) is 0 Å². The number of amides is 1. The second kappa shape index (κ2) is 9.34. The lowest BCUT2D eigenvalue weighted by Gasteiger charge is -2.35. The number of benzene rings is 2. The third-order valence-corrected chi connectivity index (χ3v) is 6.05. The lowest BCUT2D eigenvalue weighted by Crippen LogP contribution is -2.37. The minimum Gasteiger partial charge on any atom is -0.378 e. The summed E-state index contributed by atoms with van der Waals surface area (Å²) in [5.74, 6) is -0.365. The molecule has 0 spiro atoms. The van der Waals surface area contributed by atoms with Gasteiger partial charge >= 0.3 is 0 Å². The average molecular weight is 425 g/mol. The second-order valence-corrected chi connectivity index (χ2v) is 8.10. The van der Waals surface area contributed by atoms with E-state index in [1.807, 2.05) is 29.2 Å². The van der Waals surface area contributed by atoms with Gasteiger partial charge in [-0.1, -0.05) is 0 Å². The van der Waals surface area contributed by atoms with E-state index in [0.29, 0.717) is 43.7 Å². The Morgan fingerprint density at radius 2 is 1.84 bits per heavy atom. The van der Waals surface area contributed by atoms with E-state index in [1.165, 1.54) is 25.3 Å². The first-order chi connectivity index (χ1) is 15.0. The number of rotatable bonds is 5. The zero-order valence-electron chi connectivity index (χ0n) is 17.8. The zero-order chi connectivity index (χ0) is 21.8. The van der Waals surface area contributed by atoms with Crippen molar-refractivity contribution in [3.05, 3.63) is 58.1 Å². The van der Waals surface area contributed by atoms with E-state index < -0.39 is 4.92 Å². The fraction of sp³-hybridized carbons (Fsp3) is 0.435. The Morgan fingerprint density at radius 3 is 2.52 bits per heavy atom. The van der Waals surface area contributed by atoms with E-state index in [9.17, 15) is 14.9 Å². The van der Waals surface area contributed by atoms with Crippen LogP contribution >= 0.6 is 0 Å². The fourth-order valence-corrected chi connectivity index (χ4v) is 4.30. The van der Waals surface area contributed by atoms with Crippen molar-refractivity contribution in [3.63, 3.8) is 0 Å². The van der Waals surface area contributed by atoms with Crippen LogP contribution in [-0.4, -0.2) is 49.7 Å². The number of nitrogens with one attached hydrogen (secondary N) is 1. The maximum atomic E-state index is 12.7. The van der Waals surface area contributed by atoms with Crippen LogP contribution in [0.1, 0.15) is 36.5 Å². The summed E-state index contributed by atoms with van der Waals surface area (Å²) in [6.45, 7) is 5.54. The largest absolute Gasteiger partial charge is 0.378 e. The summed E-state index contributed by atoms with van der Waals surface area (Å²) in [5, 5.41) is 14.5. The van der Waals surface area contributed by atoms with Crippen molar-refractivity contribution in [2.24, 2.45) is 0 Å². The smallest absolute Gasteiger partial charge is 0.293 e. The number of morpholine rings is 1. The molecule has 0 bridgehead atoms. The first-order valence-electron chi connectivity index (χ1n) is 10.8. The third-order valence-electron chi connectivity index (χ3n) is 6.05. The van der Waals surface area contributed by atoms with Crippen molar-refractivity contribution in [3.8, 4) is 0 Å². The Morgan fingerprint density at radius 1 is 1.10 bits per heavy atom. The predicted molar refractivity (Wildman–Crippen MR) is 121 cm³/mol. The minimum absolute atomic E-state index is 0.0658. The number of hydrogen-bond acceptors (Lipinski definition) is 6. The predicted octanol–water partition coefficient (Wildman–Crippen LogP) is 4.06. The van der Waals surface area contributed by atoms with Gasteiger partial charge in [0.25, 0.3) is 11.6 Å². The first-order valence-corrected chi connectivity index (χ1v) is 10.8. The lowest BCUT2D eigenvalue weighted by atomic mass is 10.0. The standard InChI is InChI=1S/C23H28N4O4/c1-17-4-2-3-11-26(17)20-8-6-19(7-9-20)24-23(28)18-5-10-21(22(16-18)27(29)30)25-12-14-31-15-13-25/h5-10,16-17H,2-4,11-15H2,1H3,(H,24,28)/t17-/m1/s1. The molecule has 0 aliphatic carbocycles. The van der Waals surface area contributed by atoms with Gasteiger partial charge in [-0.15, -0.1) is 0 Å². The summed E-state index contributed by atoms with van der Waals surface area (Å²) in [5.41, 5.74) is 2.53. The van der Waals surface area contributed by atoms with Crippen LogP contribution in [0.3, 0.4) is 0 Å². The molecule has 2 fully saturated rings. The number of carbonyl (C=O) groups excluding carboxylic acids is 1. The highest BCUT2D eigenvalue weighted by atomic mass is 16.6. The molecule has 1 N–H and O–H groups in total. The Balaban J connectivity index is 1.48. The molecule has 0 unspecified atom stereocenters. The van der Waals surface area contributed by atoms with E-state index >= 15 is 0 Å². The maximum Gasteiger partial charge on any atom is 0.293 e. The molecule has 8 nitrogen and oxygen atoms in total. The monoisotopic (exact) mass is 424 g/mol. The van der Waals surface area contributed by atoms with Gasteiger partial charge in [0.15, 0.2) is 0 Å². The molecule has 4 rings (SSSR count). The molecule has 0 radical (unpaired) electrons. The van der Waals surface area contributed by atoms with Gasteiger partial charge in [-0.2, -0.15) is 0 Å². The number of piperidine rings is 1. The van der Waals surface area contributed by atoms with E-state index in [1.54, 1.807) is 12.1 Å². The molecule has 31 heavy (non-hydrogen) atoms. The topological polar surface area (TPSA) is 88.0 Å². The quantitative estimate of drug-likeness (QED) is 0.575. The molecular formula is C23H28N4O4. The molecule has 8 heteroatoms. The number of anilines is 3. The van der Waals surface area contributed by atoms with Gasteiger partial charge in [0.1, 0.15) is 5.69 Å². The first kappa shape index (κ1) is 21.1. The fourth-order valence-electron chi connectivity index (χ4n) is 4.30. The third kappa shape index (κ3) is 4.80. The highest BCUT2D eigenvalue weighted by Gasteiger charge is 2.23. The van der Waals surface area contributed by atoms with Crippen LogP contribution in [0.15, 0.2) is 42.5 Å². The molecule has 2 aliphatic rings. The van der Waals surface area contributed by atoms with Crippen LogP contribution in [0.4, 0.5) is 22.7 Å². The van der Waals surface area contributed by atoms with Crippen LogP contribution in [0.25, 0.3) is 0 Å². The van der Waals surface area contributed by atoms with Crippen LogP contribution in [-0.2, 0) is 4.74 Å². The van der Waals surface area contributed by atoms with Gasteiger partial charge in [0, 0.05) is 48.7 Å². The number of carbonyl (C=O) groups is 1. The molecule has 1 amide bonds. The van der Waals surface area contributed by atoms with E-state index in [0.717, 1.165) is 12.2 Å². The molecule has 2 saturated heterocycles. The maximum absolute atomic E-state index is 12.7. The average Bonchev–Trinajstić information content (AvgIpc) is 2.80. The Labute approximate surface area is 181 Å². The molecule has 0 aromatic heterocycles. The number of nitro benzene ring substituents is 1. The van der Waals surface area contributed by atoms with Crippen molar-refractivity contribution < 1.29 is 14.5 Å². The van der Waals surface area contributed by atoms with Gasteiger partial charge in [0.05, 0.1) is 18.1 Å². The number of hydrogen-bond donors (Lipinski definition) is 1. The van der Waals surface area contributed by atoms with E-state index in [4.69, 9.17) is 4.74 Å². The van der Waals surface area contributed by atoms with Crippen LogP contribution in [0, 0.1) is 10.1 Å². The Hall–Kier alpha value is -3.13. The summed E-state index contributed by atoms with van der Waals surface area (Å²) in [4.78, 5) is 28.2. The van der Waals surface area contributed by atoms with Crippen LogP contribution in [0.5, 0.6) is 0 Å². The van der Waals surface area contributed by atoms with Gasteiger partial charge in [0.2, 0.25) is 0 Å². The van der Waals surface area contributed by atoms with Gasteiger partial charge in [-0.05, 0) is 62.6 Å². The van der Waals surface area contributed by atoms with Crippen LogP contribution < -0.4 is 15.1 Å². The van der Waals surface area contributed by atoms with Gasteiger partial charge in [-0.3, -0.25) is 14.9 Å². The highest BCUT2D eigenvalue weighted by Crippen LogP contribution is 2.30. The summed E-state index contributed by atoms with van der Waals surface area (Å²) in [7, 11) is 0. The normalized spacial score (nSPS) is 19.2. The Bertz CT molecular complexity index is 941. The summed E-state index contributed by atoms with van der Waals surface area (Å²) in [6.07, 6.45) is 3.65. The van der Waals surface area contributed by atoms with Gasteiger partial charge < -0.3 is 19.9 Å². The highest BCUT2D eigenvalue weighted by molar-refractivity contribution is 6.05. The molecular weight excluding hydrogens is 396 g/mol. The van der Waals surface area contributed by atoms with Crippen molar-refractivity contribution in [2.75, 3.05) is 48.0 Å². The molecule has 2 aromatic rings. The van der Waals surface area contributed by atoms with E-state index in [-0.39, 0.29) is 17.2 Å². The molecule has 2 aromatic carbocycles. The summed E-state index contributed by atoms with van der Waals surface area (Å²) >= 11 is 0. The molecule has 1 atom stereocenters. The lowest BCUT2D eigenvalue weighted by molar-refractivity contribution is -0.384. The minimum atomic E-state index is -0.434. The molecule has 164 valence electrons. The van der Waals surface area contributed by atoms with E-state index in [2.05, 4.69) is 17.1 Å². The molecule has 2 aliphatic heterocycles. The number of nitrogens with zero attached hydrogens (tertiary/aromatic N) is 3. The van der Waals surface area contributed by atoms with Crippen molar-refractivity contribution >= 4 is 28.7 Å². The summed E-state index contributed by atoms with van der Waals surface area (Å²) < 4.78 is 5.32. The SMILES string of the molecule is C[C@@H]1CCCCN1c1ccc(NC(=O)c2ccc(N3CCOCC3)c([N+](=O)[O-])c2)cc1. The van der Waals surface area contributed by atoms with Crippen molar-refractivity contribution in [1.29, 1.82) is 0 Å². The molecule has 0 saturated carbocycles. The number of nitro groups is 1. The zero-order valence-corrected chi connectivity index (χ0v) is 17.8. The van der Waals surface area contributed by atoms with Crippen LogP contribution in [0.2, 0.25) is 0 Å². The van der Waals surface area contributed by atoms with Crippen molar-refractivity contribution in [2.45, 2.75) is 32.2 Å². The van der Waals surface area contributed by atoms with Gasteiger partial charge in [-0.25, -0.2) is 0 Å². The number of ether oxygens (including phenoxy) is 1. The summed E-state index contributed by atoms with van der Waals surface area (Å²) in [6, 6.07) is 12.9.